The van der Waals surface area contributed by atoms with E-state index in [1.807, 2.05) is 17.0 Å². The lowest BCUT2D eigenvalue weighted by molar-refractivity contribution is -0.142. The molecule has 0 bridgehead atoms. The van der Waals surface area contributed by atoms with Crippen molar-refractivity contribution in [2.24, 2.45) is 5.73 Å². The van der Waals surface area contributed by atoms with Crippen molar-refractivity contribution in [3.63, 3.8) is 0 Å². The predicted molar refractivity (Wildman–Crippen MR) is 80.3 cm³/mol. The lowest BCUT2D eigenvalue weighted by atomic mass is 10.2. The van der Waals surface area contributed by atoms with E-state index in [0.717, 1.165) is 5.56 Å². The van der Waals surface area contributed by atoms with Crippen LogP contribution in [0.2, 0.25) is 0 Å². The van der Waals surface area contributed by atoms with Crippen LogP contribution in [0, 0.1) is 0 Å². The second kappa shape index (κ2) is 9.75. The van der Waals surface area contributed by atoms with Crippen molar-refractivity contribution in [3.8, 4) is 5.75 Å². The van der Waals surface area contributed by atoms with Gasteiger partial charge in [-0.1, -0.05) is 12.1 Å². The summed E-state index contributed by atoms with van der Waals surface area (Å²) in [5.41, 5.74) is 5.99. The Balaban J connectivity index is 2.68. The fraction of sp³-hybridized carbons (Fsp3) is 0.467. The molecule has 0 saturated heterocycles. The number of rotatable bonds is 10. The highest BCUT2D eigenvalue weighted by Gasteiger charge is 2.12. The highest BCUT2D eigenvalue weighted by Crippen LogP contribution is 2.15. The van der Waals surface area contributed by atoms with Gasteiger partial charge in [0.25, 0.3) is 5.91 Å². The van der Waals surface area contributed by atoms with E-state index >= 15 is 0 Å². The van der Waals surface area contributed by atoms with Gasteiger partial charge in [0, 0.05) is 20.2 Å². The van der Waals surface area contributed by atoms with E-state index < -0.39 is 5.91 Å². The van der Waals surface area contributed by atoms with E-state index in [1.54, 1.807) is 19.2 Å². The van der Waals surface area contributed by atoms with E-state index in [2.05, 4.69) is 4.74 Å². The maximum absolute atomic E-state index is 11.4. The minimum absolute atomic E-state index is 0.168. The molecule has 0 atom stereocenters. The van der Waals surface area contributed by atoms with Crippen LogP contribution in [0.15, 0.2) is 24.3 Å². The number of carbonyl (C=O) groups excluding carboxylic acids is 2. The van der Waals surface area contributed by atoms with Gasteiger partial charge in [0.1, 0.15) is 5.75 Å². The lowest BCUT2D eigenvalue weighted by Gasteiger charge is -2.21. The molecular weight excluding hydrogens is 288 g/mol. The Labute approximate surface area is 129 Å². The van der Waals surface area contributed by atoms with Gasteiger partial charge < -0.3 is 19.9 Å². The van der Waals surface area contributed by atoms with Crippen LogP contribution in [-0.2, 0) is 25.6 Å². The number of nitrogens with two attached hydrogens (primary N) is 1. The molecule has 0 spiro atoms. The van der Waals surface area contributed by atoms with Gasteiger partial charge in [-0.3, -0.25) is 14.5 Å². The highest BCUT2D eigenvalue weighted by atomic mass is 16.5. The quantitative estimate of drug-likeness (QED) is 0.620. The van der Waals surface area contributed by atoms with Gasteiger partial charge in [0.2, 0.25) is 0 Å². The summed E-state index contributed by atoms with van der Waals surface area (Å²) in [7, 11) is 2.96. The summed E-state index contributed by atoms with van der Waals surface area (Å²) in [5, 5.41) is 0. The second-order valence-electron chi connectivity index (χ2n) is 4.68. The number of amides is 1. The summed E-state index contributed by atoms with van der Waals surface area (Å²) in [4.78, 5) is 24.1. The van der Waals surface area contributed by atoms with Crippen molar-refractivity contribution < 1.29 is 23.8 Å². The Morgan fingerprint density at radius 1 is 1.27 bits per heavy atom. The van der Waals surface area contributed by atoms with Gasteiger partial charge in [-0.15, -0.1) is 0 Å². The fourth-order valence-corrected chi connectivity index (χ4v) is 1.83. The molecule has 0 saturated carbocycles. The zero-order valence-corrected chi connectivity index (χ0v) is 12.9. The van der Waals surface area contributed by atoms with Crippen LogP contribution in [0.3, 0.4) is 0 Å². The number of primary amides is 1. The number of methoxy groups -OCH3 is 2. The third-order valence-corrected chi connectivity index (χ3v) is 2.88. The third kappa shape index (κ3) is 7.05. The molecule has 2 N–H and O–H groups in total. The average Bonchev–Trinajstić information content (AvgIpc) is 2.50. The first-order valence-corrected chi connectivity index (χ1v) is 6.83. The minimum Gasteiger partial charge on any atom is -0.484 e. The Morgan fingerprint density at radius 2 is 2.05 bits per heavy atom. The number of esters is 1. The molecule has 0 aliphatic carbocycles. The average molecular weight is 310 g/mol. The van der Waals surface area contributed by atoms with Crippen molar-refractivity contribution in [2.45, 2.75) is 6.54 Å². The maximum atomic E-state index is 11.4. The Kier molecular flexibility index (Phi) is 7.95. The first-order chi connectivity index (χ1) is 10.5. The zero-order valence-electron chi connectivity index (χ0n) is 12.9. The molecule has 0 fully saturated rings. The summed E-state index contributed by atoms with van der Waals surface area (Å²) in [6.45, 7) is 1.64. The van der Waals surface area contributed by atoms with E-state index in [0.29, 0.717) is 25.4 Å². The fourth-order valence-electron chi connectivity index (χ4n) is 1.83. The number of carbonyl (C=O) groups is 2. The number of ether oxygens (including phenoxy) is 3. The summed E-state index contributed by atoms with van der Waals surface area (Å²) in [6.07, 6.45) is 0. The standard InChI is InChI=1S/C15H22N2O5/c1-20-7-6-17(10-15(19)21-2)9-12-4-3-5-13(8-12)22-11-14(16)18/h3-5,8H,6-7,9-11H2,1-2H3,(H2,16,18). The lowest BCUT2D eigenvalue weighted by Crippen LogP contribution is -2.32. The normalized spacial score (nSPS) is 10.5. The Hall–Kier alpha value is -2.12. The molecule has 0 aliphatic rings. The second-order valence-corrected chi connectivity index (χ2v) is 4.68. The van der Waals surface area contributed by atoms with E-state index in [9.17, 15) is 9.59 Å². The van der Waals surface area contributed by atoms with Crippen molar-refractivity contribution in [1.82, 2.24) is 4.90 Å². The molecule has 122 valence electrons. The van der Waals surface area contributed by atoms with Crippen LogP contribution in [0.25, 0.3) is 0 Å². The zero-order chi connectivity index (χ0) is 16.4. The molecule has 1 amide bonds. The number of hydrogen-bond donors (Lipinski definition) is 1. The summed E-state index contributed by atoms with van der Waals surface area (Å²) in [6, 6.07) is 7.28. The van der Waals surface area contributed by atoms with Crippen LogP contribution in [0.5, 0.6) is 5.75 Å². The van der Waals surface area contributed by atoms with Crippen molar-refractivity contribution in [3.05, 3.63) is 29.8 Å². The molecule has 0 heterocycles. The third-order valence-electron chi connectivity index (χ3n) is 2.88. The van der Waals surface area contributed by atoms with E-state index in [4.69, 9.17) is 15.2 Å². The molecule has 1 aromatic rings. The van der Waals surface area contributed by atoms with Gasteiger partial charge in [-0.05, 0) is 17.7 Å². The molecule has 22 heavy (non-hydrogen) atoms. The molecule has 0 radical (unpaired) electrons. The summed E-state index contributed by atoms with van der Waals surface area (Å²) < 4.78 is 15.0. The van der Waals surface area contributed by atoms with E-state index in [1.165, 1.54) is 7.11 Å². The van der Waals surface area contributed by atoms with Gasteiger partial charge in [0.05, 0.1) is 20.3 Å². The van der Waals surface area contributed by atoms with Crippen LogP contribution in [-0.4, -0.2) is 57.3 Å². The Morgan fingerprint density at radius 3 is 2.68 bits per heavy atom. The van der Waals surface area contributed by atoms with Crippen LogP contribution < -0.4 is 10.5 Å². The topological polar surface area (TPSA) is 91.1 Å². The molecule has 1 rings (SSSR count). The first-order valence-electron chi connectivity index (χ1n) is 6.83. The maximum Gasteiger partial charge on any atom is 0.319 e. The predicted octanol–water partition coefficient (Wildman–Crippen LogP) is 0.172. The molecule has 0 aliphatic heterocycles. The van der Waals surface area contributed by atoms with Gasteiger partial charge in [-0.25, -0.2) is 0 Å². The smallest absolute Gasteiger partial charge is 0.319 e. The van der Waals surface area contributed by atoms with Crippen LogP contribution in [0.4, 0.5) is 0 Å². The monoisotopic (exact) mass is 310 g/mol. The Bertz CT molecular complexity index is 493. The molecule has 0 aromatic heterocycles. The van der Waals surface area contributed by atoms with Gasteiger partial charge >= 0.3 is 5.97 Å². The van der Waals surface area contributed by atoms with Crippen LogP contribution >= 0.6 is 0 Å². The number of nitrogens with zero attached hydrogens (tertiary/aromatic N) is 1. The molecule has 0 unspecified atom stereocenters. The van der Waals surface area contributed by atoms with Gasteiger partial charge in [-0.2, -0.15) is 0 Å². The SMILES string of the molecule is COCCN(CC(=O)OC)Cc1cccc(OCC(N)=O)c1. The van der Waals surface area contributed by atoms with E-state index in [-0.39, 0.29) is 19.1 Å². The molecular formula is C15H22N2O5. The molecule has 7 nitrogen and oxygen atoms in total. The highest BCUT2D eigenvalue weighted by molar-refractivity contribution is 5.75. The molecule has 1 aromatic carbocycles. The minimum atomic E-state index is -0.530. The molecule has 7 heteroatoms. The summed E-state index contributed by atoms with van der Waals surface area (Å²) in [5.74, 6) is -0.281. The first kappa shape index (κ1) is 17.9. The number of hydrogen-bond acceptors (Lipinski definition) is 6. The van der Waals surface area contributed by atoms with Crippen molar-refractivity contribution in [1.29, 1.82) is 0 Å². The summed E-state index contributed by atoms with van der Waals surface area (Å²) >= 11 is 0. The largest absolute Gasteiger partial charge is 0.484 e. The number of benzene rings is 1. The van der Waals surface area contributed by atoms with Crippen molar-refractivity contribution >= 4 is 11.9 Å². The van der Waals surface area contributed by atoms with Crippen molar-refractivity contribution in [2.75, 3.05) is 40.5 Å². The van der Waals surface area contributed by atoms with Gasteiger partial charge in [0.15, 0.2) is 6.61 Å². The van der Waals surface area contributed by atoms with Crippen LogP contribution in [0.1, 0.15) is 5.56 Å².